The highest BCUT2D eigenvalue weighted by molar-refractivity contribution is 7.13. The van der Waals surface area contributed by atoms with Crippen molar-refractivity contribution in [1.29, 1.82) is 0 Å². The van der Waals surface area contributed by atoms with Crippen LogP contribution in [-0.2, 0) is 20.9 Å². The van der Waals surface area contributed by atoms with Gasteiger partial charge in [0.25, 0.3) is 0 Å². The monoisotopic (exact) mass is 358 g/mol. The Hall–Kier alpha value is -2.35. The van der Waals surface area contributed by atoms with Crippen molar-refractivity contribution in [3.8, 4) is 10.8 Å². The van der Waals surface area contributed by atoms with Crippen molar-refractivity contribution in [3.63, 3.8) is 0 Å². The maximum atomic E-state index is 12.6. The van der Waals surface area contributed by atoms with Crippen molar-refractivity contribution in [2.75, 3.05) is 0 Å². The molecule has 0 aromatic carbocycles. The van der Waals surface area contributed by atoms with Crippen LogP contribution in [0, 0.1) is 5.92 Å². The maximum absolute atomic E-state index is 12.6. The molecule has 2 aromatic rings. The fourth-order valence-electron chi connectivity index (χ4n) is 3.65. The van der Waals surface area contributed by atoms with Crippen molar-refractivity contribution in [2.24, 2.45) is 5.92 Å². The van der Waals surface area contributed by atoms with Gasteiger partial charge in [-0.1, -0.05) is 0 Å². The summed E-state index contributed by atoms with van der Waals surface area (Å²) in [6.07, 6.45) is 7.08. The van der Waals surface area contributed by atoms with E-state index in [0.717, 1.165) is 36.4 Å². The van der Waals surface area contributed by atoms with Crippen LogP contribution in [0.25, 0.3) is 10.8 Å². The van der Waals surface area contributed by atoms with E-state index >= 15 is 0 Å². The van der Waals surface area contributed by atoms with Crippen molar-refractivity contribution in [3.05, 3.63) is 29.5 Å². The first kappa shape index (κ1) is 16.1. The van der Waals surface area contributed by atoms with Crippen LogP contribution < -0.4 is 5.32 Å². The fourth-order valence-corrected chi connectivity index (χ4v) is 4.41. The lowest BCUT2D eigenvalue weighted by atomic mass is 9.85. The van der Waals surface area contributed by atoms with E-state index in [0.29, 0.717) is 12.4 Å². The van der Waals surface area contributed by atoms with Gasteiger partial charge in [-0.2, -0.15) is 0 Å². The molecule has 1 aliphatic carbocycles. The van der Waals surface area contributed by atoms with Gasteiger partial charge in [-0.05, 0) is 31.7 Å². The molecular formula is C17H18N4O3S. The molecule has 1 spiro atoms. The highest BCUT2D eigenvalue weighted by atomic mass is 32.1. The van der Waals surface area contributed by atoms with E-state index < -0.39 is 11.5 Å². The summed E-state index contributed by atoms with van der Waals surface area (Å²) >= 11 is 1.44. The Morgan fingerprint density at radius 3 is 2.84 bits per heavy atom. The summed E-state index contributed by atoms with van der Waals surface area (Å²) in [5, 5.41) is 5.51. The number of amides is 1. The summed E-state index contributed by atoms with van der Waals surface area (Å²) in [7, 11) is 0. The van der Waals surface area contributed by atoms with Crippen molar-refractivity contribution in [1.82, 2.24) is 20.3 Å². The largest absolute Gasteiger partial charge is 0.458 e. The predicted octanol–water partition coefficient (Wildman–Crippen LogP) is 2.09. The van der Waals surface area contributed by atoms with Crippen LogP contribution in [0.3, 0.4) is 0 Å². The molecule has 1 unspecified atom stereocenters. The minimum absolute atomic E-state index is 0.127. The van der Waals surface area contributed by atoms with Gasteiger partial charge in [-0.15, -0.1) is 11.3 Å². The lowest BCUT2D eigenvalue weighted by Crippen LogP contribution is -2.42. The molecule has 1 saturated heterocycles. The van der Waals surface area contributed by atoms with Gasteiger partial charge >= 0.3 is 5.97 Å². The quantitative estimate of drug-likeness (QED) is 0.841. The van der Waals surface area contributed by atoms with E-state index in [1.165, 1.54) is 11.3 Å². The molecule has 8 heteroatoms. The van der Waals surface area contributed by atoms with Gasteiger partial charge in [0.1, 0.15) is 5.60 Å². The van der Waals surface area contributed by atoms with E-state index in [4.69, 9.17) is 4.74 Å². The van der Waals surface area contributed by atoms with Crippen LogP contribution in [0.1, 0.15) is 37.8 Å². The summed E-state index contributed by atoms with van der Waals surface area (Å²) in [6.45, 7) is 0.322. The number of carbonyl (C=O) groups excluding carboxylic acids is 2. The smallest absolute Gasteiger partial charge is 0.307 e. The van der Waals surface area contributed by atoms with E-state index in [9.17, 15) is 9.59 Å². The van der Waals surface area contributed by atoms with Gasteiger partial charge in [0.2, 0.25) is 5.91 Å². The molecule has 2 aromatic heterocycles. The Labute approximate surface area is 148 Å². The van der Waals surface area contributed by atoms with E-state index in [-0.39, 0.29) is 18.3 Å². The average molecular weight is 358 g/mol. The van der Waals surface area contributed by atoms with Crippen LogP contribution in [0.2, 0.25) is 0 Å². The van der Waals surface area contributed by atoms with E-state index in [2.05, 4.69) is 20.3 Å². The second-order valence-corrected chi connectivity index (χ2v) is 7.29. The molecule has 1 aliphatic heterocycles. The number of rotatable bonds is 4. The second kappa shape index (κ2) is 6.51. The van der Waals surface area contributed by atoms with Crippen molar-refractivity contribution < 1.29 is 14.3 Å². The lowest BCUT2D eigenvalue weighted by molar-refractivity contribution is -0.150. The van der Waals surface area contributed by atoms with Crippen LogP contribution in [-0.4, -0.2) is 32.4 Å². The maximum Gasteiger partial charge on any atom is 0.307 e. The van der Waals surface area contributed by atoms with Crippen LogP contribution in [0.5, 0.6) is 0 Å². The third kappa shape index (κ3) is 3.13. The first-order chi connectivity index (χ1) is 12.2. The zero-order valence-electron chi connectivity index (χ0n) is 13.6. The van der Waals surface area contributed by atoms with Crippen LogP contribution >= 0.6 is 11.3 Å². The predicted molar refractivity (Wildman–Crippen MR) is 90.4 cm³/mol. The first-order valence-corrected chi connectivity index (χ1v) is 9.26. The molecule has 1 saturated carbocycles. The van der Waals surface area contributed by atoms with Crippen molar-refractivity contribution >= 4 is 23.2 Å². The number of hydrogen-bond donors (Lipinski definition) is 1. The number of carbonyl (C=O) groups is 2. The SMILES string of the molecule is O=C1CC(C(=O)NCc2csc(-c3ncccn3)n2)C2(CCCC2)O1. The molecule has 130 valence electrons. The molecule has 1 N–H and O–H groups in total. The Bertz CT molecular complexity index is 786. The standard InChI is InChI=1S/C17H18N4O3S/c22-13-8-12(17(24-13)4-1-2-5-17)15(23)20-9-11-10-25-16(21-11)14-18-6-3-7-19-14/h3,6-7,10,12H,1-2,4-5,8-9H2,(H,20,23). The molecule has 25 heavy (non-hydrogen) atoms. The van der Waals surface area contributed by atoms with Crippen LogP contribution in [0.15, 0.2) is 23.8 Å². The molecule has 0 radical (unpaired) electrons. The number of nitrogens with one attached hydrogen (secondary N) is 1. The van der Waals surface area contributed by atoms with Crippen molar-refractivity contribution in [2.45, 2.75) is 44.2 Å². The highest BCUT2D eigenvalue weighted by Crippen LogP contribution is 2.45. The number of nitrogens with zero attached hydrogens (tertiary/aromatic N) is 3. The number of hydrogen-bond acceptors (Lipinski definition) is 7. The third-order valence-corrected chi connectivity index (χ3v) is 5.73. The highest BCUT2D eigenvalue weighted by Gasteiger charge is 2.53. The molecule has 1 amide bonds. The zero-order chi connectivity index (χ0) is 17.3. The normalized spacial score (nSPS) is 21.4. The summed E-state index contributed by atoms with van der Waals surface area (Å²) in [5.41, 5.74) is 0.179. The molecule has 2 aliphatic rings. The Kier molecular flexibility index (Phi) is 4.20. The number of thiazole rings is 1. The number of ether oxygens (including phenoxy) is 1. The summed E-state index contributed by atoms with van der Waals surface area (Å²) in [6, 6.07) is 1.75. The Morgan fingerprint density at radius 2 is 2.08 bits per heavy atom. The third-order valence-electron chi connectivity index (χ3n) is 4.84. The van der Waals surface area contributed by atoms with Gasteiger partial charge in [-0.3, -0.25) is 9.59 Å². The molecule has 7 nitrogen and oxygen atoms in total. The molecular weight excluding hydrogens is 340 g/mol. The average Bonchev–Trinajstić information content (AvgIpc) is 3.35. The molecule has 4 rings (SSSR count). The topological polar surface area (TPSA) is 94.1 Å². The van der Waals surface area contributed by atoms with Gasteiger partial charge < -0.3 is 10.1 Å². The second-order valence-electron chi connectivity index (χ2n) is 6.44. The number of aromatic nitrogens is 3. The van der Waals surface area contributed by atoms with Crippen LogP contribution in [0.4, 0.5) is 0 Å². The molecule has 2 fully saturated rings. The minimum atomic E-state index is -0.577. The van der Waals surface area contributed by atoms with E-state index in [1.807, 2.05) is 5.38 Å². The molecule has 1 atom stereocenters. The van der Waals surface area contributed by atoms with E-state index in [1.54, 1.807) is 18.5 Å². The van der Waals surface area contributed by atoms with Gasteiger partial charge in [0.05, 0.1) is 24.6 Å². The first-order valence-electron chi connectivity index (χ1n) is 8.38. The lowest BCUT2D eigenvalue weighted by Gasteiger charge is -2.27. The molecule has 0 bridgehead atoms. The minimum Gasteiger partial charge on any atom is -0.458 e. The fraction of sp³-hybridized carbons (Fsp3) is 0.471. The summed E-state index contributed by atoms with van der Waals surface area (Å²) in [4.78, 5) is 37.1. The van der Waals surface area contributed by atoms with Gasteiger partial charge in [-0.25, -0.2) is 15.0 Å². The van der Waals surface area contributed by atoms with Gasteiger partial charge in [0, 0.05) is 17.8 Å². The number of esters is 1. The zero-order valence-corrected chi connectivity index (χ0v) is 14.4. The summed E-state index contributed by atoms with van der Waals surface area (Å²) in [5.74, 6) is -0.208. The van der Waals surface area contributed by atoms with Gasteiger partial charge in [0.15, 0.2) is 10.8 Å². The Morgan fingerprint density at radius 1 is 1.32 bits per heavy atom. The molecule has 3 heterocycles. The summed E-state index contributed by atoms with van der Waals surface area (Å²) < 4.78 is 5.53. The Balaban J connectivity index is 1.41.